The van der Waals surface area contributed by atoms with Crippen LogP contribution in [0.1, 0.15) is 51.6 Å². The first kappa shape index (κ1) is 17.4. The van der Waals surface area contributed by atoms with Gasteiger partial charge >= 0.3 is 4.87 Å². The average molecular weight is 320 g/mol. The van der Waals surface area contributed by atoms with Crippen LogP contribution in [0.25, 0.3) is 0 Å². The molecule has 0 saturated carbocycles. The van der Waals surface area contributed by atoms with Crippen molar-refractivity contribution in [1.29, 1.82) is 0 Å². The van der Waals surface area contributed by atoms with Crippen molar-refractivity contribution in [3.8, 4) is 0 Å². The summed E-state index contributed by atoms with van der Waals surface area (Å²) in [4.78, 5) is 13.3. The summed E-state index contributed by atoms with van der Waals surface area (Å²) in [6, 6.07) is 0. The van der Waals surface area contributed by atoms with Gasteiger partial charge in [-0.25, -0.2) is 13.1 Å². The average Bonchev–Trinajstić information content (AvgIpc) is 2.67. The van der Waals surface area contributed by atoms with Crippen molar-refractivity contribution >= 4 is 21.4 Å². The van der Waals surface area contributed by atoms with Crippen LogP contribution in [0.15, 0.2) is 9.00 Å². The van der Waals surface area contributed by atoms with Crippen LogP contribution >= 0.6 is 11.3 Å². The minimum absolute atomic E-state index is 0.0994. The molecule has 0 aliphatic carbocycles. The molecule has 0 saturated heterocycles. The van der Waals surface area contributed by atoms with E-state index in [2.05, 4.69) is 23.6 Å². The predicted octanol–water partition coefficient (Wildman–Crippen LogP) is 2.63. The van der Waals surface area contributed by atoms with Crippen molar-refractivity contribution in [1.82, 2.24) is 9.71 Å². The molecular weight excluding hydrogens is 296 g/mol. The Hall–Kier alpha value is -0.660. The van der Waals surface area contributed by atoms with Crippen LogP contribution in [-0.4, -0.2) is 19.9 Å². The standard InChI is InChI=1S/C13H24N2O3S2/c1-10(2)8-6-4-5-7-9-14-20(17,18)12-11(3)15-13(16)19-12/h10,14H,4-9H2,1-3H3,(H,15,16). The van der Waals surface area contributed by atoms with Gasteiger partial charge in [0, 0.05) is 12.2 Å². The molecule has 7 heteroatoms. The molecule has 0 unspecified atom stereocenters. The van der Waals surface area contributed by atoms with Crippen molar-refractivity contribution < 1.29 is 8.42 Å². The van der Waals surface area contributed by atoms with E-state index < -0.39 is 10.0 Å². The first-order valence-corrected chi connectivity index (χ1v) is 9.32. The highest BCUT2D eigenvalue weighted by molar-refractivity contribution is 7.91. The van der Waals surface area contributed by atoms with E-state index in [1.54, 1.807) is 6.92 Å². The van der Waals surface area contributed by atoms with E-state index >= 15 is 0 Å². The van der Waals surface area contributed by atoms with Crippen molar-refractivity contribution in [3.63, 3.8) is 0 Å². The highest BCUT2D eigenvalue weighted by Gasteiger charge is 2.19. The highest BCUT2D eigenvalue weighted by Crippen LogP contribution is 2.15. The lowest BCUT2D eigenvalue weighted by molar-refractivity contribution is 0.517. The number of aryl methyl sites for hydroxylation is 1. The number of hydrogen-bond donors (Lipinski definition) is 2. The third-order valence-electron chi connectivity index (χ3n) is 3.03. The molecule has 0 spiro atoms. The molecule has 1 aromatic heterocycles. The minimum atomic E-state index is -3.54. The number of H-pyrrole nitrogens is 1. The van der Waals surface area contributed by atoms with Gasteiger partial charge in [0.05, 0.1) is 0 Å². The number of nitrogens with one attached hydrogen (secondary N) is 2. The molecule has 116 valence electrons. The van der Waals surface area contributed by atoms with Gasteiger partial charge in [0.1, 0.15) is 0 Å². The summed E-state index contributed by atoms with van der Waals surface area (Å²) in [6.07, 6.45) is 5.41. The molecule has 2 N–H and O–H groups in total. The molecule has 0 radical (unpaired) electrons. The molecule has 0 amide bonds. The van der Waals surface area contributed by atoms with E-state index in [1.165, 1.54) is 12.8 Å². The Balaban J connectivity index is 2.31. The fraction of sp³-hybridized carbons (Fsp3) is 0.769. The lowest BCUT2D eigenvalue weighted by atomic mass is 10.0. The third kappa shape index (κ3) is 5.76. The maximum Gasteiger partial charge on any atom is 0.305 e. The number of thiazole rings is 1. The van der Waals surface area contributed by atoms with Gasteiger partial charge < -0.3 is 4.98 Å². The molecule has 0 aliphatic rings. The van der Waals surface area contributed by atoms with E-state index in [0.717, 1.165) is 36.5 Å². The SMILES string of the molecule is Cc1[nH]c(=O)sc1S(=O)(=O)NCCCCCCC(C)C. The number of unbranched alkanes of at least 4 members (excludes halogenated alkanes) is 3. The summed E-state index contributed by atoms with van der Waals surface area (Å²) in [5.41, 5.74) is 0.407. The zero-order valence-corrected chi connectivity index (χ0v) is 14.0. The first-order valence-electron chi connectivity index (χ1n) is 7.02. The van der Waals surface area contributed by atoms with E-state index in [4.69, 9.17) is 0 Å². The molecule has 20 heavy (non-hydrogen) atoms. The molecule has 0 bridgehead atoms. The van der Waals surface area contributed by atoms with Gasteiger partial charge in [-0.05, 0) is 19.3 Å². The predicted molar refractivity (Wildman–Crippen MR) is 82.8 cm³/mol. The largest absolute Gasteiger partial charge is 0.315 e. The topological polar surface area (TPSA) is 79.0 Å². The zero-order chi connectivity index (χ0) is 15.2. The number of aromatic nitrogens is 1. The summed E-state index contributed by atoms with van der Waals surface area (Å²) < 4.78 is 26.6. The fourth-order valence-corrected chi connectivity index (χ4v) is 4.37. The second-order valence-corrected chi connectivity index (χ2v) is 8.37. The first-order chi connectivity index (χ1) is 9.33. The van der Waals surface area contributed by atoms with Crippen LogP contribution in [0, 0.1) is 12.8 Å². The van der Waals surface area contributed by atoms with Gasteiger partial charge in [0.25, 0.3) is 10.0 Å². The molecule has 0 atom stereocenters. The maximum absolute atomic E-state index is 12.0. The summed E-state index contributed by atoms with van der Waals surface area (Å²) >= 11 is 0.735. The van der Waals surface area contributed by atoms with E-state index in [-0.39, 0.29) is 9.08 Å². The quantitative estimate of drug-likeness (QED) is 0.686. The minimum Gasteiger partial charge on any atom is -0.315 e. The van der Waals surface area contributed by atoms with Crippen LogP contribution in [-0.2, 0) is 10.0 Å². The molecule has 5 nitrogen and oxygen atoms in total. The van der Waals surface area contributed by atoms with Gasteiger partial charge in [0.2, 0.25) is 0 Å². The number of hydrogen-bond acceptors (Lipinski definition) is 4. The van der Waals surface area contributed by atoms with Gasteiger partial charge in [-0.15, -0.1) is 0 Å². The maximum atomic E-state index is 12.0. The Morgan fingerprint density at radius 1 is 1.20 bits per heavy atom. The Bertz CT molecular complexity index is 558. The van der Waals surface area contributed by atoms with Crippen molar-refractivity contribution in [2.24, 2.45) is 5.92 Å². The Morgan fingerprint density at radius 3 is 2.40 bits per heavy atom. The van der Waals surface area contributed by atoms with E-state index in [1.807, 2.05) is 0 Å². The number of rotatable bonds is 9. The Kier molecular flexibility index (Phi) is 6.91. The monoisotopic (exact) mass is 320 g/mol. The van der Waals surface area contributed by atoms with Gasteiger partial charge in [-0.3, -0.25) is 4.79 Å². The molecular formula is C13H24N2O3S2. The van der Waals surface area contributed by atoms with E-state index in [0.29, 0.717) is 12.2 Å². The lowest BCUT2D eigenvalue weighted by Gasteiger charge is -2.06. The van der Waals surface area contributed by atoms with Crippen LogP contribution in [0.2, 0.25) is 0 Å². The summed E-state index contributed by atoms with van der Waals surface area (Å²) in [5.74, 6) is 0.729. The zero-order valence-electron chi connectivity index (χ0n) is 12.4. The van der Waals surface area contributed by atoms with E-state index in [9.17, 15) is 13.2 Å². The summed E-state index contributed by atoms with van der Waals surface area (Å²) in [5, 5.41) is 0. The van der Waals surface area contributed by atoms with Crippen molar-refractivity contribution in [3.05, 3.63) is 15.4 Å². The van der Waals surface area contributed by atoms with Gasteiger partial charge in [-0.2, -0.15) is 0 Å². The smallest absolute Gasteiger partial charge is 0.305 e. The van der Waals surface area contributed by atoms with Crippen molar-refractivity contribution in [2.45, 2.75) is 57.1 Å². The summed E-state index contributed by atoms with van der Waals surface area (Å²) in [7, 11) is -3.54. The molecule has 1 aromatic rings. The second kappa shape index (κ2) is 7.95. The summed E-state index contributed by atoms with van der Waals surface area (Å²) in [6.45, 7) is 6.44. The fourth-order valence-electron chi connectivity index (χ4n) is 1.95. The van der Waals surface area contributed by atoms with Crippen LogP contribution in [0.3, 0.4) is 0 Å². The van der Waals surface area contributed by atoms with Gasteiger partial charge in [-0.1, -0.05) is 50.9 Å². The van der Waals surface area contributed by atoms with Crippen LogP contribution in [0.4, 0.5) is 0 Å². The Morgan fingerprint density at radius 2 is 1.85 bits per heavy atom. The third-order valence-corrected chi connectivity index (χ3v) is 6.09. The Labute approximate surface area is 124 Å². The molecule has 0 aliphatic heterocycles. The van der Waals surface area contributed by atoms with Gasteiger partial charge in [0.15, 0.2) is 4.21 Å². The second-order valence-electron chi connectivity index (χ2n) is 5.42. The molecule has 1 rings (SSSR count). The molecule has 0 fully saturated rings. The van der Waals surface area contributed by atoms with Crippen LogP contribution in [0.5, 0.6) is 0 Å². The van der Waals surface area contributed by atoms with Crippen LogP contribution < -0.4 is 9.60 Å². The van der Waals surface area contributed by atoms with Crippen molar-refractivity contribution in [2.75, 3.05) is 6.54 Å². The number of sulfonamides is 1. The highest BCUT2D eigenvalue weighted by atomic mass is 32.2. The normalized spacial score (nSPS) is 12.2. The number of aromatic amines is 1. The molecule has 0 aromatic carbocycles. The molecule has 1 heterocycles. The lowest BCUT2D eigenvalue weighted by Crippen LogP contribution is -2.24.